The van der Waals surface area contributed by atoms with Crippen LogP contribution >= 0.6 is 38.9 Å². The van der Waals surface area contributed by atoms with Gasteiger partial charge in [-0.15, -0.1) is 0 Å². The second kappa shape index (κ2) is 2.91. The topological polar surface area (TPSA) is 17.1 Å². The molecule has 0 aliphatic rings. The SMILES string of the molecule is O=P(Cl)(Cl)SC(F)(F)F. The summed E-state index contributed by atoms with van der Waals surface area (Å²) in [6.45, 7) is 0. The average molecular weight is 219 g/mol. The third-order valence-corrected chi connectivity index (χ3v) is 3.13. The quantitative estimate of drug-likeness (QED) is 0.623. The average Bonchev–Trinajstić information content (AvgIpc) is 1.14. The minimum absolute atomic E-state index is 0.900. The Morgan fingerprint density at radius 2 is 1.67 bits per heavy atom. The van der Waals surface area contributed by atoms with Crippen LogP contribution in [0.25, 0.3) is 0 Å². The van der Waals surface area contributed by atoms with E-state index in [0.717, 1.165) is 0 Å². The first kappa shape index (κ1) is 9.95. The molecule has 0 bridgehead atoms. The summed E-state index contributed by atoms with van der Waals surface area (Å²) >= 11 is 8.26. The minimum Gasteiger partial charge on any atom is -0.277 e. The highest BCUT2D eigenvalue weighted by atomic mass is 35.9. The van der Waals surface area contributed by atoms with Crippen LogP contribution in [0.5, 0.6) is 0 Å². The minimum atomic E-state index is -4.63. The molecule has 0 unspecified atom stereocenters. The first-order valence-electron chi connectivity index (χ1n) is 1.47. The van der Waals surface area contributed by atoms with E-state index in [4.69, 9.17) is 0 Å². The molecule has 0 heterocycles. The van der Waals surface area contributed by atoms with Crippen LogP contribution < -0.4 is 0 Å². The predicted octanol–water partition coefficient (Wildman–Crippen LogP) is 3.83. The van der Waals surface area contributed by atoms with Gasteiger partial charge in [0.25, 0.3) is 0 Å². The highest BCUT2D eigenvalue weighted by Crippen LogP contribution is 2.72. The van der Waals surface area contributed by atoms with Crippen molar-refractivity contribution in [2.24, 2.45) is 0 Å². The molecule has 56 valence electrons. The Balaban J connectivity index is 3.90. The summed E-state index contributed by atoms with van der Waals surface area (Å²) in [5.74, 6) is 0. The fraction of sp³-hybridized carbons (Fsp3) is 1.00. The van der Waals surface area contributed by atoms with Crippen molar-refractivity contribution in [3.05, 3.63) is 0 Å². The summed E-state index contributed by atoms with van der Waals surface area (Å²) in [5, 5.41) is -4.05. The number of halogens is 5. The molecule has 0 aromatic rings. The molecular formula is CCl2F3OPS. The van der Waals surface area contributed by atoms with E-state index in [1.807, 2.05) is 0 Å². The molecular weight excluding hydrogens is 219 g/mol. The zero-order chi connectivity index (χ0) is 7.71. The van der Waals surface area contributed by atoms with E-state index in [0.29, 0.717) is 0 Å². The molecule has 0 fully saturated rings. The van der Waals surface area contributed by atoms with Crippen molar-refractivity contribution in [1.82, 2.24) is 0 Å². The Bertz CT molecular complexity index is 139. The summed E-state index contributed by atoms with van der Waals surface area (Å²) in [7, 11) is 0. The maximum Gasteiger partial charge on any atom is 0.450 e. The van der Waals surface area contributed by atoms with Crippen molar-refractivity contribution in [2.45, 2.75) is 5.51 Å². The molecule has 8 heteroatoms. The number of hydrogen-bond donors (Lipinski definition) is 0. The Morgan fingerprint density at radius 3 is 1.67 bits per heavy atom. The summed E-state index contributed by atoms with van der Waals surface area (Å²) < 4.78 is 43.5. The maximum atomic E-state index is 11.2. The van der Waals surface area contributed by atoms with Crippen molar-refractivity contribution in [3.8, 4) is 0 Å². The lowest BCUT2D eigenvalue weighted by molar-refractivity contribution is -0.0312. The van der Waals surface area contributed by atoms with E-state index in [2.05, 4.69) is 22.5 Å². The van der Waals surface area contributed by atoms with Crippen LogP contribution in [0.2, 0.25) is 0 Å². The van der Waals surface area contributed by atoms with Gasteiger partial charge in [-0.2, -0.15) is 13.2 Å². The van der Waals surface area contributed by atoms with E-state index >= 15 is 0 Å². The molecule has 0 atom stereocenters. The van der Waals surface area contributed by atoms with Crippen molar-refractivity contribution in [2.75, 3.05) is 0 Å². The van der Waals surface area contributed by atoms with Crippen LogP contribution in [0.1, 0.15) is 0 Å². The fourth-order valence-electron chi connectivity index (χ4n) is 0.121. The van der Waals surface area contributed by atoms with Gasteiger partial charge >= 0.3 is 10.6 Å². The molecule has 0 N–H and O–H groups in total. The van der Waals surface area contributed by atoms with Gasteiger partial charge in [-0.05, 0) is 22.5 Å². The van der Waals surface area contributed by atoms with Gasteiger partial charge in [-0.3, -0.25) is 4.57 Å². The molecule has 1 nitrogen and oxygen atoms in total. The smallest absolute Gasteiger partial charge is 0.277 e. The maximum absolute atomic E-state index is 11.2. The molecule has 9 heavy (non-hydrogen) atoms. The fourth-order valence-corrected chi connectivity index (χ4v) is 2.49. The third kappa shape index (κ3) is 8.95. The molecule has 0 amide bonds. The Kier molecular flexibility index (Phi) is 3.21. The molecule has 0 aliphatic heterocycles. The van der Waals surface area contributed by atoms with Gasteiger partial charge in [0.15, 0.2) is 0 Å². The summed E-state index contributed by atoms with van der Waals surface area (Å²) in [6.07, 6.45) is 0. The monoisotopic (exact) mass is 218 g/mol. The van der Waals surface area contributed by atoms with Crippen molar-refractivity contribution in [1.29, 1.82) is 0 Å². The normalized spacial score (nSPS) is 13.9. The number of hydrogen-bond acceptors (Lipinski definition) is 2. The lowest BCUT2D eigenvalue weighted by atomic mass is 11.6. The van der Waals surface area contributed by atoms with Gasteiger partial charge < -0.3 is 0 Å². The molecule has 0 spiro atoms. The van der Waals surface area contributed by atoms with Crippen LogP contribution in [0.4, 0.5) is 13.2 Å². The first-order chi connectivity index (χ1) is 3.71. The van der Waals surface area contributed by atoms with Gasteiger partial charge in [0.05, 0.1) is 0 Å². The van der Waals surface area contributed by atoms with E-state index in [-0.39, 0.29) is 0 Å². The molecule has 0 radical (unpaired) electrons. The number of rotatable bonds is 1. The molecule has 0 saturated carbocycles. The molecule has 0 aromatic heterocycles. The van der Waals surface area contributed by atoms with Crippen molar-refractivity contribution < 1.29 is 17.7 Å². The zero-order valence-corrected chi connectivity index (χ0v) is 6.88. The van der Waals surface area contributed by atoms with Gasteiger partial charge in [-0.25, -0.2) is 0 Å². The van der Waals surface area contributed by atoms with Crippen LogP contribution in [-0.2, 0) is 4.57 Å². The highest BCUT2D eigenvalue weighted by molar-refractivity contribution is 8.73. The van der Waals surface area contributed by atoms with E-state index < -0.39 is 21.9 Å². The predicted molar refractivity (Wildman–Crippen MR) is 33.0 cm³/mol. The Labute approximate surface area is 62.6 Å². The largest absolute Gasteiger partial charge is 0.450 e. The van der Waals surface area contributed by atoms with E-state index in [1.165, 1.54) is 0 Å². The third-order valence-electron chi connectivity index (χ3n) is 0.210. The van der Waals surface area contributed by atoms with E-state index in [9.17, 15) is 17.7 Å². The van der Waals surface area contributed by atoms with Crippen LogP contribution in [0.15, 0.2) is 0 Å². The Morgan fingerprint density at radius 1 is 1.33 bits per heavy atom. The second-order valence-electron chi connectivity index (χ2n) is 0.951. The van der Waals surface area contributed by atoms with Crippen LogP contribution in [0, 0.1) is 0 Å². The van der Waals surface area contributed by atoms with Crippen LogP contribution in [-0.4, -0.2) is 5.51 Å². The standard InChI is InChI=1S/CCl2F3OPS/c2-8(3,7)9-1(4,5)6. The summed E-state index contributed by atoms with van der Waals surface area (Å²) in [6, 6.07) is 0. The molecule has 0 aromatic carbocycles. The van der Waals surface area contributed by atoms with Gasteiger partial charge in [0, 0.05) is 11.4 Å². The zero-order valence-electron chi connectivity index (χ0n) is 3.65. The lowest BCUT2D eigenvalue weighted by Gasteiger charge is -2.03. The number of alkyl halides is 3. The molecule has 0 aliphatic carbocycles. The molecule has 0 saturated heterocycles. The van der Waals surface area contributed by atoms with Gasteiger partial charge in [-0.1, -0.05) is 0 Å². The highest BCUT2D eigenvalue weighted by Gasteiger charge is 2.38. The van der Waals surface area contributed by atoms with Crippen LogP contribution in [0.3, 0.4) is 0 Å². The van der Waals surface area contributed by atoms with Gasteiger partial charge in [0.1, 0.15) is 0 Å². The van der Waals surface area contributed by atoms with Gasteiger partial charge in [0.2, 0.25) is 0 Å². The molecule has 0 rings (SSSR count). The van der Waals surface area contributed by atoms with Crippen molar-refractivity contribution >= 4 is 38.9 Å². The lowest BCUT2D eigenvalue weighted by Crippen LogP contribution is -1.95. The van der Waals surface area contributed by atoms with E-state index in [1.54, 1.807) is 0 Å². The summed E-state index contributed by atoms with van der Waals surface area (Å²) in [4.78, 5) is 0. The second-order valence-corrected chi connectivity index (χ2v) is 9.09. The Hall–Kier alpha value is 0.950. The summed E-state index contributed by atoms with van der Waals surface area (Å²) in [5.41, 5.74) is -4.63. The van der Waals surface area contributed by atoms with Crippen molar-refractivity contribution in [3.63, 3.8) is 0 Å². The first-order valence-corrected chi connectivity index (χ1v) is 6.41.